The Morgan fingerprint density at radius 3 is 3.09 bits per heavy atom. The lowest BCUT2D eigenvalue weighted by Gasteiger charge is -1.92. The van der Waals surface area contributed by atoms with Crippen LogP contribution in [-0.2, 0) is 0 Å². The molecule has 2 aromatic rings. The molecule has 0 aromatic carbocycles. The van der Waals surface area contributed by atoms with E-state index in [0.717, 1.165) is 4.83 Å². The molecule has 2 heterocycles. The summed E-state index contributed by atoms with van der Waals surface area (Å²) in [5.41, 5.74) is 7.79. The largest absolute Gasteiger partial charge is 0.382 e. The first-order valence-electron chi connectivity index (χ1n) is 2.79. The zero-order chi connectivity index (χ0) is 7.84. The number of nitrogens with two attached hydrogens (primary N) is 1. The van der Waals surface area contributed by atoms with E-state index in [1.54, 1.807) is 5.51 Å². The van der Waals surface area contributed by atoms with Crippen LogP contribution in [0.25, 0.3) is 10.3 Å². The molecule has 0 amide bonds. The predicted octanol–water partition coefficient (Wildman–Crippen LogP) is 1.32. The highest BCUT2D eigenvalue weighted by Crippen LogP contribution is 2.20. The van der Waals surface area contributed by atoms with Crippen LogP contribution >= 0.6 is 22.9 Å². The maximum atomic E-state index is 5.56. The molecule has 0 radical (unpaired) electrons. The SMILES string of the molecule is Nc1nc(Cl)nc2scnc12. The third-order valence-electron chi connectivity index (χ3n) is 1.20. The molecule has 6 heteroatoms. The standard InChI is InChI=1S/C5H3ClN4S/c6-5-9-3(7)2-4(10-5)11-1-8-2/h1H,(H2,7,9,10). The van der Waals surface area contributed by atoms with E-state index in [1.165, 1.54) is 11.3 Å². The molecular weight excluding hydrogens is 184 g/mol. The van der Waals surface area contributed by atoms with Gasteiger partial charge in [0.2, 0.25) is 5.28 Å². The zero-order valence-corrected chi connectivity index (χ0v) is 6.85. The minimum atomic E-state index is 0.166. The van der Waals surface area contributed by atoms with E-state index in [2.05, 4.69) is 15.0 Å². The first-order chi connectivity index (χ1) is 5.27. The molecule has 0 fully saturated rings. The van der Waals surface area contributed by atoms with Crippen LogP contribution in [0.4, 0.5) is 5.82 Å². The predicted molar refractivity (Wildman–Crippen MR) is 44.6 cm³/mol. The molecule has 0 saturated carbocycles. The van der Waals surface area contributed by atoms with Gasteiger partial charge in [0, 0.05) is 0 Å². The number of fused-ring (bicyclic) bond motifs is 1. The first kappa shape index (κ1) is 6.75. The molecule has 0 aliphatic heterocycles. The maximum absolute atomic E-state index is 5.56. The fraction of sp³-hybridized carbons (Fsp3) is 0. The number of anilines is 1. The van der Waals surface area contributed by atoms with Crippen LogP contribution in [0.1, 0.15) is 0 Å². The maximum Gasteiger partial charge on any atom is 0.225 e. The van der Waals surface area contributed by atoms with Crippen molar-refractivity contribution >= 4 is 39.1 Å². The second kappa shape index (κ2) is 2.28. The van der Waals surface area contributed by atoms with Crippen molar-refractivity contribution in [3.8, 4) is 0 Å². The number of nitrogen functional groups attached to an aromatic ring is 1. The van der Waals surface area contributed by atoms with Gasteiger partial charge >= 0.3 is 0 Å². The van der Waals surface area contributed by atoms with E-state index in [4.69, 9.17) is 17.3 Å². The van der Waals surface area contributed by atoms with E-state index in [-0.39, 0.29) is 5.28 Å². The Labute approximate surface area is 71.1 Å². The van der Waals surface area contributed by atoms with Gasteiger partial charge in [0.15, 0.2) is 5.82 Å². The third-order valence-corrected chi connectivity index (χ3v) is 2.09. The molecule has 0 saturated heterocycles. The summed E-state index contributed by atoms with van der Waals surface area (Å²) in [5, 5.41) is 0.166. The van der Waals surface area contributed by atoms with Crippen LogP contribution in [0.5, 0.6) is 0 Å². The van der Waals surface area contributed by atoms with Crippen molar-refractivity contribution in [2.45, 2.75) is 0 Å². The van der Waals surface area contributed by atoms with Crippen LogP contribution < -0.4 is 5.73 Å². The first-order valence-corrected chi connectivity index (χ1v) is 4.05. The van der Waals surface area contributed by atoms with Crippen molar-refractivity contribution in [1.29, 1.82) is 0 Å². The molecule has 0 unspecified atom stereocenters. The van der Waals surface area contributed by atoms with Gasteiger partial charge in [0.05, 0.1) is 5.51 Å². The lowest BCUT2D eigenvalue weighted by Crippen LogP contribution is -1.93. The van der Waals surface area contributed by atoms with Crippen LogP contribution in [0.3, 0.4) is 0 Å². The molecule has 0 atom stereocenters. The molecule has 2 rings (SSSR count). The Morgan fingerprint density at radius 2 is 2.27 bits per heavy atom. The number of aromatic nitrogens is 3. The van der Waals surface area contributed by atoms with Crippen molar-refractivity contribution in [3.05, 3.63) is 10.8 Å². The minimum absolute atomic E-state index is 0.166. The highest BCUT2D eigenvalue weighted by molar-refractivity contribution is 7.16. The monoisotopic (exact) mass is 186 g/mol. The van der Waals surface area contributed by atoms with Crippen molar-refractivity contribution in [2.24, 2.45) is 0 Å². The lowest BCUT2D eigenvalue weighted by atomic mass is 10.5. The van der Waals surface area contributed by atoms with Crippen LogP contribution in [0.2, 0.25) is 5.28 Å². The molecule has 0 spiro atoms. The Hall–Kier alpha value is -0.940. The summed E-state index contributed by atoms with van der Waals surface area (Å²) in [5.74, 6) is 0.334. The van der Waals surface area contributed by atoms with Crippen LogP contribution in [0, 0.1) is 0 Å². The molecule has 11 heavy (non-hydrogen) atoms. The number of nitrogens with zero attached hydrogens (tertiary/aromatic N) is 3. The molecular formula is C5H3ClN4S. The summed E-state index contributed by atoms with van der Waals surface area (Å²) in [7, 11) is 0. The van der Waals surface area contributed by atoms with Crippen molar-refractivity contribution < 1.29 is 0 Å². The van der Waals surface area contributed by atoms with Crippen molar-refractivity contribution in [3.63, 3.8) is 0 Å². The summed E-state index contributed by atoms with van der Waals surface area (Å²) in [6.45, 7) is 0. The Kier molecular flexibility index (Phi) is 1.40. The number of rotatable bonds is 0. The van der Waals surface area contributed by atoms with Gasteiger partial charge in [0.25, 0.3) is 0 Å². The lowest BCUT2D eigenvalue weighted by molar-refractivity contribution is 1.23. The highest BCUT2D eigenvalue weighted by Gasteiger charge is 2.04. The van der Waals surface area contributed by atoms with E-state index < -0.39 is 0 Å². The number of thiazole rings is 1. The van der Waals surface area contributed by atoms with Gasteiger partial charge in [-0.1, -0.05) is 0 Å². The van der Waals surface area contributed by atoms with Gasteiger partial charge in [-0.3, -0.25) is 0 Å². The van der Waals surface area contributed by atoms with Crippen molar-refractivity contribution in [2.75, 3.05) is 5.73 Å². The average molecular weight is 187 g/mol. The van der Waals surface area contributed by atoms with E-state index in [0.29, 0.717) is 11.3 Å². The third kappa shape index (κ3) is 1.02. The Bertz CT molecular complexity index is 398. The summed E-state index contributed by atoms with van der Waals surface area (Å²) < 4.78 is 0. The van der Waals surface area contributed by atoms with Crippen molar-refractivity contribution in [1.82, 2.24) is 15.0 Å². The smallest absolute Gasteiger partial charge is 0.225 e. The van der Waals surface area contributed by atoms with E-state index in [1.807, 2.05) is 0 Å². The summed E-state index contributed by atoms with van der Waals surface area (Å²) in [6.07, 6.45) is 0. The Morgan fingerprint density at radius 1 is 1.45 bits per heavy atom. The number of halogens is 1. The van der Waals surface area contributed by atoms with Gasteiger partial charge < -0.3 is 5.73 Å². The molecule has 0 aliphatic carbocycles. The summed E-state index contributed by atoms with van der Waals surface area (Å²) in [4.78, 5) is 12.4. The van der Waals surface area contributed by atoms with Crippen LogP contribution in [0.15, 0.2) is 5.51 Å². The molecule has 2 N–H and O–H groups in total. The van der Waals surface area contributed by atoms with Gasteiger partial charge in [-0.05, 0) is 11.6 Å². The fourth-order valence-corrected chi connectivity index (χ4v) is 1.65. The number of hydrogen-bond acceptors (Lipinski definition) is 5. The average Bonchev–Trinajstić information content (AvgIpc) is 2.34. The van der Waals surface area contributed by atoms with E-state index >= 15 is 0 Å². The molecule has 4 nitrogen and oxygen atoms in total. The molecule has 0 bridgehead atoms. The van der Waals surface area contributed by atoms with Gasteiger partial charge in [-0.25, -0.2) is 9.97 Å². The normalized spacial score (nSPS) is 10.6. The topological polar surface area (TPSA) is 64.7 Å². The second-order valence-electron chi connectivity index (χ2n) is 1.88. The van der Waals surface area contributed by atoms with Gasteiger partial charge in [0.1, 0.15) is 10.3 Å². The van der Waals surface area contributed by atoms with Gasteiger partial charge in [-0.15, -0.1) is 11.3 Å². The second-order valence-corrected chi connectivity index (χ2v) is 3.06. The molecule has 0 aliphatic rings. The minimum Gasteiger partial charge on any atom is -0.382 e. The highest BCUT2D eigenvalue weighted by atomic mass is 35.5. The Balaban J connectivity index is 2.91. The van der Waals surface area contributed by atoms with E-state index in [9.17, 15) is 0 Å². The summed E-state index contributed by atoms with van der Waals surface area (Å²) in [6, 6.07) is 0. The number of hydrogen-bond donors (Lipinski definition) is 1. The van der Waals surface area contributed by atoms with Crippen LogP contribution in [-0.4, -0.2) is 15.0 Å². The quantitative estimate of drug-likeness (QED) is 0.631. The van der Waals surface area contributed by atoms with Gasteiger partial charge in [-0.2, -0.15) is 4.98 Å². The molecule has 56 valence electrons. The molecule has 2 aromatic heterocycles. The fourth-order valence-electron chi connectivity index (χ4n) is 0.756. The summed E-state index contributed by atoms with van der Waals surface area (Å²) >= 11 is 6.95. The zero-order valence-electron chi connectivity index (χ0n) is 5.28.